The lowest BCUT2D eigenvalue weighted by Gasteiger charge is -2.43. The summed E-state index contributed by atoms with van der Waals surface area (Å²) in [6.45, 7) is 10.3. The number of anilines is 4. The molecule has 3 heterocycles. The first-order chi connectivity index (χ1) is 17.3. The molecular formula is C25H37FN8OS. The molecule has 1 aliphatic rings. The van der Waals surface area contributed by atoms with Crippen molar-refractivity contribution in [1.29, 1.82) is 0 Å². The molecule has 0 atom stereocenters. The van der Waals surface area contributed by atoms with Crippen LogP contribution in [0.2, 0.25) is 0 Å². The Hall–Kier alpha value is -3.18. The number of piperazine rings is 1. The Labute approximate surface area is 218 Å². The Bertz CT molecular complexity index is 1190. The van der Waals surface area contributed by atoms with Crippen molar-refractivity contribution >= 4 is 40.8 Å². The van der Waals surface area contributed by atoms with Gasteiger partial charge in [-0.3, -0.25) is 14.8 Å². The SMILES string of the molecule is CCC(=O)Nc1ccc(Sc2nc(Nc3cc(C)[nH]n3)cc(N3CCN(C(C)(C)CF)CC3)n2)cc1.[HH].[HH]. The molecule has 11 heteroatoms. The van der Waals surface area contributed by atoms with Crippen molar-refractivity contribution in [3.63, 3.8) is 0 Å². The number of hydrogen-bond donors (Lipinski definition) is 3. The lowest BCUT2D eigenvalue weighted by Crippen LogP contribution is -2.55. The van der Waals surface area contributed by atoms with Gasteiger partial charge in [-0.25, -0.2) is 14.4 Å². The van der Waals surface area contributed by atoms with Crippen LogP contribution in [0.1, 0.15) is 35.7 Å². The van der Waals surface area contributed by atoms with Gasteiger partial charge in [0.05, 0.1) is 0 Å². The Balaban J connectivity index is 0.00000253. The Morgan fingerprint density at radius 2 is 1.86 bits per heavy atom. The Kier molecular flexibility index (Phi) is 8.10. The summed E-state index contributed by atoms with van der Waals surface area (Å²) in [6.07, 6.45) is 0.433. The smallest absolute Gasteiger partial charge is 0.224 e. The van der Waals surface area contributed by atoms with Gasteiger partial charge in [-0.05, 0) is 56.8 Å². The molecule has 3 aromatic rings. The number of aromatic nitrogens is 4. The minimum Gasteiger partial charge on any atom is -0.354 e. The number of alkyl halides is 1. The highest BCUT2D eigenvalue weighted by atomic mass is 32.2. The number of rotatable bonds is 9. The van der Waals surface area contributed by atoms with Gasteiger partial charge in [-0.2, -0.15) is 5.10 Å². The summed E-state index contributed by atoms with van der Waals surface area (Å²) in [5.41, 5.74) is 1.24. The number of amides is 1. The van der Waals surface area contributed by atoms with Gasteiger partial charge in [0, 0.05) is 69.4 Å². The quantitative estimate of drug-likeness (QED) is 0.337. The van der Waals surface area contributed by atoms with Gasteiger partial charge >= 0.3 is 0 Å². The second-order valence-electron chi connectivity index (χ2n) is 9.40. The number of benzene rings is 1. The lowest BCUT2D eigenvalue weighted by molar-refractivity contribution is -0.115. The van der Waals surface area contributed by atoms with E-state index in [1.54, 1.807) is 0 Å². The molecule has 36 heavy (non-hydrogen) atoms. The van der Waals surface area contributed by atoms with Crippen molar-refractivity contribution in [3.8, 4) is 0 Å². The van der Waals surface area contributed by atoms with E-state index in [9.17, 15) is 9.18 Å². The van der Waals surface area contributed by atoms with Gasteiger partial charge in [0.25, 0.3) is 0 Å². The molecule has 0 bridgehead atoms. The fourth-order valence-electron chi connectivity index (χ4n) is 3.88. The fraction of sp³-hybridized carbons (Fsp3) is 0.440. The topological polar surface area (TPSA) is 102 Å². The summed E-state index contributed by atoms with van der Waals surface area (Å²) in [7, 11) is 0. The fourth-order valence-corrected chi connectivity index (χ4v) is 4.65. The third kappa shape index (κ3) is 6.52. The predicted molar refractivity (Wildman–Crippen MR) is 146 cm³/mol. The van der Waals surface area contributed by atoms with Gasteiger partial charge in [0.15, 0.2) is 11.0 Å². The zero-order valence-electron chi connectivity index (χ0n) is 21.1. The molecule has 1 aliphatic heterocycles. The van der Waals surface area contributed by atoms with Gasteiger partial charge in [-0.1, -0.05) is 6.92 Å². The van der Waals surface area contributed by atoms with Gasteiger partial charge in [-0.15, -0.1) is 0 Å². The van der Waals surface area contributed by atoms with Gasteiger partial charge < -0.3 is 15.5 Å². The average Bonchev–Trinajstić information content (AvgIpc) is 3.29. The summed E-state index contributed by atoms with van der Waals surface area (Å²) in [5.74, 6) is 2.11. The summed E-state index contributed by atoms with van der Waals surface area (Å²) < 4.78 is 13.5. The van der Waals surface area contributed by atoms with Crippen molar-refractivity contribution in [2.45, 2.75) is 49.7 Å². The van der Waals surface area contributed by atoms with E-state index in [0.29, 0.717) is 23.2 Å². The van der Waals surface area contributed by atoms with Crippen LogP contribution in [0.5, 0.6) is 0 Å². The van der Waals surface area contributed by atoms with E-state index in [0.717, 1.165) is 48.3 Å². The zero-order chi connectivity index (χ0) is 25.7. The molecule has 3 N–H and O–H groups in total. The molecule has 196 valence electrons. The van der Waals surface area contributed by atoms with E-state index in [1.807, 2.05) is 64.1 Å². The molecule has 0 spiro atoms. The molecule has 1 aromatic carbocycles. The van der Waals surface area contributed by atoms with Crippen LogP contribution >= 0.6 is 11.8 Å². The summed E-state index contributed by atoms with van der Waals surface area (Å²) in [4.78, 5) is 26.5. The molecule has 0 saturated carbocycles. The maximum absolute atomic E-state index is 13.5. The van der Waals surface area contributed by atoms with Crippen LogP contribution in [0.25, 0.3) is 0 Å². The third-order valence-corrected chi connectivity index (χ3v) is 6.98. The molecule has 4 rings (SSSR count). The average molecular weight is 517 g/mol. The summed E-state index contributed by atoms with van der Waals surface area (Å²) >= 11 is 1.45. The highest BCUT2D eigenvalue weighted by molar-refractivity contribution is 7.99. The first kappa shape index (κ1) is 25.9. The minimum atomic E-state index is -0.466. The minimum absolute atomic E-state index is 0. The summed E-state index contributed by atoms with van der Waals surface area (Å²) in [5, 5.41) is 13.9. The van der Waals surface area contributed by atoms with E-state index in [-0.39, 0.29) is 15.4 Å². The van der Waals surface area contributed by atoms with Crippen molar-refractivity contribution in [3.05, 3.63) is 42.1 Å². The number of nitrogens with one attached hydrogen (secondary N) is 3. The lowest BCUT2D eigenvalue weighted by atomic mass is 10.0. The molecule has 1 saturated heterocycles. The largest absolute Gasteiger partial charge is 0.354 e. The molecule has 9 nitrogen and oxygen atoms in total. The van der Waals surface area contributed by atoms with Gasteiger partial charge in [0.2, 0.25) is 5.91 Å². The first-order valence-electron chi connectivity index (χ1n) is 12.1. The Morgan fingerprint density at radius 1 is 1.14 bits per heavy atom. The molecule has 1 amide bonds. The molecule has 1 fully saturated rings. The van der Waals surface area contributed by atoms with E-state index in [4.69, 9.17) is 9.97 Å². The van der Waals surface area contributed by atoms with Crippen LogP contribution in [0.3, 0.4) is 0 Å². The standard InChI is InChI=1S/C25H33FN8OS.2H2/c1-5-23(35)27-18-6-8-19(9-7-18)36-24-29-20(28-21-14-17(2)31-32-21)15-22(30-24)33-10-12-34(13-11-33)25(3,4)16-26;;/h6-9,14-15H,5,10-13,16H2,1-4H3,(H,27,35)(H2,28,29,30,31,32);2*1H. The van der Waals surface area contributed by atoms with E-state index < -0.39 is 5.54 Å². The maximum atomic E-state index is 13.5. The second kappa shape index (κ2) is 11.3. The number of H-pyrrole nitrogens is 1. The Morgan fingerprint density at radius 3 is 2.47 bits per heavy atom. The predicted octanol–water partition coefficient (Wildman–Crippen LogP) is 5.11. The number of hydrogen-bond acceptors (Lipinski definition) is 8. The third-order valence-electron chi connectivity index (χ3n) is 6.11. The molecular weight excluding hydrogens is 479 g/mol. The number of halogens is 1. The van der Waals surface area contributed by atoms with Crippen LogP contribution in [0.4, 0.5) is 27.5 Å². The number of aryl methyl sites for hydroxylation is 1. The van der Waals surface area contributed by atoms with Crippen LogP contribution in [-0.4, -0.2) is 69.4 Å². The zero-order valence-corrected chi connectivity index (χ0v) is 22.0. The molecule has 0 unspecified atom stereocenters. The van der Waals surface area contributed by atoms with Crippen molar-refractivity contribution in [1.82, 2.24) is 25.1 Å². The number of carbonyl (C=O) groups is 1. The highest BCUT2D eigenvalue weighted by Crippen LogP contribution is 2.30. The van der Waals surface area contributed by atoms with Crippen LogP contribution in [0.15, 0.2) is 46.5 Å². The summed E-state index contributed by atoms with van der Waals surface area (Å²) in [6, 6.07) is 11.5. The molecule has 2 aromatic heterocycles. The number of carbonyl (C=O) groups excluding carboxylic acids is 1. The molecule has 0 radical (unpaired) electrons. The van der Waals surface area contributed by atoms with E-state index in [1.165, 1.54) is 11.8 Å². The van der Waals surface area contributed by atoms with Crippen LogP contribution < -0.4 is 15.5 Å². The number of nitrogens with zero attached hydrogens (tertiary/aromatic N) is 5. The monoisotopic (exact) mass is 516 g/mol. The van der Waals surface area contributed by atoms with Crippen LogP contribution in [-0.2, 0) is 4.79 Å². The molecule has 0 aliphatic carbocycles. The normalized spacial score (nSPS) is 14.6. The van der Waals surface area contributed by atoms with Gasteiger partial charge in [0.1, 0.15) is 18.3 Å². The highest BCUT2D eigenvalue weighted by Gasteiger charge is 2.30. The van der Waals surface area contributed by atoms with Crippen molar-refractivity contribution in [2.75, 3.05) is 48.4 Å². The second-order valence-corrected chi connectivity index (χ2v) is 10.4. The van der Waals surface area contributed by atoms with Crippen molar-refractivity contribution in [2.24, 2.45) is 0 Å². The number of aromatic amines is 1. The van der Waals surface area contributed by atoms with Crippen LogP contribution in [0, 0.1) is 6.92 Å². The maximum Gasteiger partial charge on any atom is 0.224 e. The van der Waals surface area contributed by atoms with E-state index in [2.05, 4.69) is 30.6 Å². The first-order valence-corrected chi connectivity index (χ1v) is 12.9. The van der Waals surface area contributed by atoms with E-state index >= 15 is 0 Å². The van der Waals surface area contributed by atoms with Crippen molar-refractivity contribution < 1.29 is 12.0 Å².